The molecule has 2 aliphatic rings. The predicted octanol–water partition coefficient (Wildman–Crippen LogP) is 14.1. The summed E-state index contributed by atoms with van der Waals surface area (Å²) in [5, 5.41) is 2.48. The molecule has 384 valence electrons. The van der Waals surface area contributed by atoms with Gasteiger partial charge in [0.05, 0.1) is 22.8 Å². The molecule has 1 aliphatic carbocycles. The molecule has 0 N–H and O–H groups in total. The Labute approximate surface area is 428 Å². The summed E-state index contributed by atoms with van der Waals surface area (Å²) in [6, 6.07) is 21.8. The molecule has 1 heterocycles. The molecule has 9 rings (SSSR count). The molecule has 0 radical (unpaired) electrons. The zero-order valence-corrected chi connectivity index (χ0v) is 43.8. The number of nitrogens with zero attached hydrogens (tertiary/aromatic N) is 2. The number of hydrogen-bond donors (Lipinski definition) is 0. The first-order valence-corrected chi connectivity index (χ1v) is 22.0. The summed E-state index contributed by atoms with van der Waals surface area (Å²) in [4.78, 5) is 10.6. The first kappa shape index (κ1) is 58.6. The van der Waals surface area contributed by atoms with Crippen molar-refractivity contribution in [3.63, 3.8) is 0 Å². The van der Waals surface area contributed by atoms with Crippen molar-refractivity contribution in [1.29, 1.82) is 0 Å². The van der Waals surface area contributed by atoms with E-state index >= 15 is 0 Å². The molecule has 3 nitrogen and oxygen atoms in total. The molecule has 1 aliphatic heterocycles. The molecule has 74 heavy (non-hydrogen) atoms. The van der Waals surface area contributed by atoms with Gasteiger partial charge in [0.25, 0.3) is 0 Å². The first-order chi connectivity index (χ1) is 33.9. The van der Waals surface area contributed by atoms with Gasteiger partial charge in [0.1, 0.15) is 41.0 Å². The molecular weight excluding hydrogens is 1050 g/mol. The Hall–Kier alpha value is -6.26. The monoisotopic (exact) mass is 1090 g/mol. The van der Waals surface area contributed by atoms with Crippen LogP contribution in [0.1, 0.15) is 57.3 Å². The fourth-order valence-electron chi connectivity index (χ4n) is 9.47. The summed E-state index contributed by atoms with van der Waals surface area (Å²) in [5.74, 6) is -45.1. The van der Waals surface area contributed by atoms with E-state index in [4.69, 9.17) is 14.7 Å². The number of halogens is 15. The number of hydrogen-bond acceptors (Lipinski definition) is 3. The Morgan fingerprint density at radius 3 is 0.905 bits per heavy atom. The van der Waals surface area contributed by atoms with Gasteiger partial charge in [0.2, 0.25) is 0 Å². The van der Waals surface area contributed by atoms with Crippen LogP contribution in [0.15, 0.2) is 70.6 Å². The second-order valence-corrected chi connectivity index (χ2v) is 17.7. The zero-order valence-electron chi connectivity index (χ0n) is 40.9. The fraction of sp³-hybridized carbons (Fsp3) is 0.204. The van der Waals surface area contributed by atoms with Gasteiger partial charge in [0.15, 0.2) is 52.4 Å². The summed E-state index contributed by atoms with van der Waals surface area (Å²) < 4.78 is 217. The van der Waals surface area contributed by atoms with E-state index in [2.05, 4.69) is 102 Å². The van der Waals surface area contributed by atoms with E-state index in [0.717, 1.165) is 36.0 Å². The zero-order chi connectivity index (χ0) is 53.0. The average molecular weight is 1100 g/mol. The maximum Gasteiger partial charge on any atom is 2.00 e. The molecule has 0 saturated carbocycles. The molecule has 0 atom stereocenters. The SMILES string of the molecule is C1CCOC1.C[B-](c1c(F)c(F)c(F)c(F)c1F)(c1c(F)c(F)c(F)c(F)c1F)c1c(F)c(F)c(F)c(F)c1F.Cc1cc(C)c(N=C2C(=Nc3c(C)cc(C)cc3C)c3cccc4cccc2c34)c(C)c1.[CH3-].[Zn+2]. The average Bonchev–Trinajstić information content (AvgIpc) is 4.02. The molecule has 0 aromatic heterocycles. The molecule has 7 aromatic rings. The largest absolute Gasteiger partial charge is 2.00 e. The predicted molar refractivity (Wildman–Crippen MR) is 253 cm³/mol. The summed E-state index contributed by atoms with van der Waals surface area (Å²) in [6.07, 6.45) is -2.86. The van der Waals surface area contributed by atoms with Crippen LogP contribution in [0, 0.1) is 136 Å². The van der Waals surface area contributed by atoms with E-state index in [1.54, 1.807) is 0 Å². The Bertz CT molecular complexity index is 3030. The quantitative estimate of drug-likeness (QED) is 0.0556. The van der Waals surface area contributed by atoms with Gasteiger partial charge >= 0.3 is 19.5 Å². The smallest absolute Gasteiger partial charge is 0.381 e. The van der Waals surface area contributed by atoms with Crippen LogP contribution in [-0.4, -0.2) is 30.8 Å². The van der Waals surface area contributed by atoms with Gasteiger partial charge < -0.3 is 12.2 Å². The van der Waals surface area contributed by atoms with Gasteiger partial charge in [-0.1, -0.05) is 71.8 Å². The van der Waals surface area contributed by atoms with Crippen molar-refractivity contribution in [2.75, 3.05) is 13.2 Å². The molecule has 0 spiro atoms. The van der Waals surface area contributed by atoms with Crippen molar-refractivity contribution in [3.05, 3.63) is 200 Å². The summed E-state index contributed by atoms with van der Waals surface area (Å²) in [6.45, 7) is 14.6. The Morgan fingerprint density at radius 2 is 0.662 bits per heavy atom. The minimum atomic E-state index is -5.41. The molecule has 1 fully saturated rings. The van der Waals surface area contributed by atoms with Crippen molar-refractivity contribution in [2.45, 2.75) is 61.2 Å². The van der Waals surface area contributed by atoms with E-state index in [0.29, 0.717) is 0 Å². The van der Waals surface area contributed by atoms with E-state index in [1.165, 1.54) is 68.1 Å². The van der Waals surface area contributed by atoms with Gasteiger partial charge in [0, 0.05) is 29.7 Å². The number of rotatable bonds is 5. The van der Waals surface area contributed by atoms with Gasteiger partial charge in [-0.2, -0.15) is 6.82 Å². The molecule has 0 amide bonds. The van der Waals surface area contributed by atoms with Crippen LogP contribution in [0.3, 0.4) is 0 Å². The Balaban J connectivity index is 0.000000244. The van der Waals surface area contributed by atoms with Crippen LogP contribution in [0.5, 0.6) is 0 Å². The van der Waals surface area contributed by atoms with Crippen molar-refractivity contribution in [3.8, 4) is 0 Å². The third-order valence-electron chi connectivity index (χ3n) is 12.6. The minimum absolute atomic E-state index is 0. The topological polar surface area (TPSA) is 34.0 Å². The standard InChI is InChI=1S/C30H28N2.C19H3BF15.C4H8O.CH3.Zn/c1-17-13-19(3)27(20(4)14-17)31-29-24-11-7-9-23-10-8-12-25(26(23)24)30(29)32-28-21(5)15-18(2)16-22(28)6;1-20(2-5(21)11(27)17(33)12(28)6(2)22,3-7(23)13(29)18(34)14(30)8(3)24)4-9(25)15(31)19(35)16(32)10(4)26;1-2-4-5-3-1;;/h7-16H,1-6H3;1H3;1-4H2;1H3;/q;-1;;-1;+2. The second kappa shape index (κ2) is 22.7. The normalized spacial score (nSPS) is 13.9. The van der Waals surface area contributed by atoms with Crippen molar-refractivity contribution < 1.29 is 90.1 Å². The van der Waals surface area contributed by atoms with E-state index < -0.39 is 110 Å². The van der Waals surface area contributed by atoms with Gasteiger partial charge in [-0.15, -0.1) is 16.4 Å². The number of ether oxygens (including phenoxy) is 1. The van der Waals surface area contributed by atoms with Crippen LogP contribution in [-0.2, 0) is 24.2 Å². The molecule has 20 heteroatoms. The van der Waals surface area contributed by atoms with Crippen LogP contribution in [0.25, 0.3) is 10.8 Å². The Morgan fingerprint density at radius 1 is 0.405 bits per heavy atom. The molecule has 0 bridgehead atoms. The number of benzene rings is 7. The van der Waals surface area contributed by atoms with Crippen molar-refractivity contribution in [1.82, 2.24) is 0 Å². The minimum Gasteiger partial charge on any atom is -0.381 e. The second-order valence-electron chi connectivity index (χ2n) is 17.7. The van der Waals surface area contributed by atoms with Crippen molar-refractivity contribution in [2.24, 2.45) is 9.98 Å². The molecule has 7 aromatic carbocycles. The third kappa shape index (κ3) is 10.2. The number of aliphatic imine (C=N–C) groups is 2. The van der Waals surface area contributed by atoms with Gasteiger partial charge in [-0.3, -0.25) is 0 Å². The van der Waals surface area contributed by atoms with Crippen LogP contribution in [0.4, 0.5) is 77.2 Å². The third-order valence-corrected chi connectivity index (χ3v) is 12.6. The Kier molecular flexibility index (Phi) is 18.0. The maximum absolute atomic E-state index is 14.6. The van der Waals surface area contributed by atoms with Crippen LogP contribution >= 0.6 is 0 Å². The van der Waals surface area contributed by atoms with Crippen LogP contribution in [0.2, 0.25) is 6.82 Å². The summed E-state index contributed by atoms with van der Waals surface area (Å²) in [5.41, 5.74) is 5.76. The van der Waals surface area contributed by atoms with Gasteiger partial charge in [-0.25, -0.2) is 75.8 Å². The maximum atomic E-state index is 14.6. The van der Waals surface area contributed by atoms with E-state index in [9.17, 15) is 65.9 Å². The number of aryl methyl sites for hydroxylation is 6. The molecule has 0 unspecified atom stereocenters. The van der Waals surface area contributed by atoms with Crippen molar-refractivity contribution >= 4 is 56.1 Å². The summed E-state index contributed by atoms with van der Waals surface area (Å²) in [7, 11) is 0. The summed E-state index contributed by atoms with van der Waals surface area (Å²) >= 11 is 0. The van der Waals surface area contributed by atoms with E-state index in [1.807, 2.05) is 0 Å². The molecule has 1 saturated heterocycles. The van der Waals surface area contributed by atoms with E-state index in [-0.39, 0.29) is 33.7 Å². The first-order valence-electron chi connectivity index (χ1n) is 22.0. The fourth-order valence-corrected chi connectivity index (χ4v) is 9.47. The van der Waals surface area contributed by atoms with Gasteiger partial charge in [-0.05, 0) is 82.0 Å². The molecular formula is C54H42BF15N2OZn. The van der Waals surface area contributed by atoms with Crippen LogP contribution < -0.4 is 16.4 Å².